The van der Waals surface area contributed by atoms with E-state index in [0.717, 1.165) is 6.07 Å². The van der Waals surface area contributed by atoms with Crippen molar-refractivity contribution in [2.24, 2.45) is 0 Å². The van der Waals surface area contributed by atoms with Crippen LogP contribution in [0.25, 0.3) is 22.2 Å². The Morgan fingerprint density at radius 2 is 1.91 bits per heavy atom. The number of nitrogens with one attached hydrogen (secondary N) is 2. The molecule has 4 N–H and O–H groups in total. The van der Waals surface area contributed by atoms with Gasteiger partial charge < -0.3 is 15.8 Å². The van der Waals surface area contributed by atoms with Crippen molar-refractivity contribution in [2.75, 3.05) is 29.9 Å². The Balaban J connectivity index is 1.78. The zero-order chi connectivity index (χ0) is 23.8. The quantitative estimate of drug-likeness (QED) is 0.371. The molecule has 4 aromatic rings. The molecule has 0 aliphatic rings. The zero-order valence-corrected chi connectivity index (χ0v) is 18.9. The molecule has 0 saturated heterocycles. The van der Waals surface area contributed by atoms with Crippen LogP contribution in [0.15, 0.2) is 47.6 Å². The molecule has 170 valence electrons. The van der Waals surface area contributed by atoms with E-state index in [1.165, 1.54) is 37.7 Å². The van der Waals surface area contributed by atoms with E-state index in [4.69, 9.17) is 22.1 Å². The molecular weight excluding hydrogens is 473 g/mol. The summed E-state index contributed by atoms with van der Waals surface area (Å²) >= 11 is 5.88. The normalized spacial score (nSPS) is 11.4. The van der Waals surface area contributed by atoms with Crippen molar-refractivity contribution < 1.29 is 17.5 Å². The van der Waals surface area contributed by atoms with Crippen LogP contribution in [0.5, 0.6) is 5.88 Å². The number of nitrogens with two attached hydrogens (primary N) is 1. The SMILES string of the molecule is CNc1ncc2cc(-c3cccc(NS(=O)(=O)c4cc(Cl)cnc4OC)c3F)c(N)nc2n1. The fourth-order valence-corrected chi connectivity index (χ4v) is 4.51. The largest absolute Gasteiger partial charge is 0.480 e. The highest BCUT2D eigenvalue weighted by molar-refractivity contribution is 7.92. The van der Waals surface area contributed by atoms with E-state index >= 15 is 4.39 Å². The number of halogens is 2. The van der Waals surface area contributed by atoms with Crippen LogP contribution in [-0.4, -0.2) is 42.5 Å². The van der Waals surface area contributed by atoms with E-state index in [9.17, 15) is 8.42 Å². The Morgan fingerprint density at radius 1 is 1.12 bits per heavy atom. The molecule has 0 radical (unpaired) electrons. The maximum atomic E-state index is 15.4. The standard InChI is InChI=1S/C20H17ClFN7O3S/c1-24-20-26-8-10-6-13(17(23)27-18(10)28-20)12-4-3-5-14(16(12)22)29-33(30,31)15-7-11(21)9-25-19(15)32-2/h3-9,29H,1-2H3,(H3,23,24,26,27,28). The van der Waals surface area contributed by atoms with Crippen molar-refractivity contribution in [3.05, 3.63) is 53.6 Å². The first-order valence-corrected chi connectivity index (χ1v) is 11.2. The number of ether oxygens (including phenoxy) is 1. The van der Waals surface area contributed by atoms with Gasteiger partial charge in [-0.2, -0.15) is 4.98 Å². The third-order valence-electron chi connectivity index (χ3n) is 4.62. The van der Waals surface area contributed by atoms with Gasteiger partial charge in [-0.3, -0.25) is 4.72 Å². The number of anilines is 3. The number of hydrogen-bond donors (Lipinski definition) is 3. The van der Waals surface area contributed by atoms with Gasteiger partial charge in [0.2, 0.25) is 11.8 Å². The summed E-state index contributed by atoms with van der Waals surface area (Å²) in [6, 6.07) is 6.94. The summed E-state index contributed by atoms with van der Waals surface area (Å²) in [4.78, 5) is 16.0. The number of sulfonamides is 1. The van der Waals surface area contributed by atoms with E-state index in [0.29, 0.717) is 17.0 Å². The Morgan fingerprint density at radius 3 is 2.64 bits per heavy atom. The zero-order valence-electron chi connectivity index (χ0n) is 17.3. The van der Waals surface area contributed by atoms with Gasteiger partial charge in [0.05, 0.1) is 17.8 Å². The van der Waals surface area contributed by atoms with Gasteiger partial charge >= 0.3 is 0 Å². The third kappa shape index (κ3) is 4.30. The smallest absolute Gasteiger partial charge is 0.267 e. The molecule has 0 aliphatic heterocycles. The van der Waals surface area contributed by atoms with Crippen molar-refractivity contribution in [1.29, 1.82) is 0 Å². The van der Waals surface area contributed by atoms with Crippen molar-refractivity contribution in [3.8, 4) is 17.0 Å². The van der Waals surface area contributed by atoms with E-state index in [1.54, 1.807) is 13.1 Å². The average molecular weight is 490 g/mol. The van der Waals surface area contributed by atoms with Crippen molar-refractivity contribution >= 4 is 50.1 Å². The summed E-state index contributed by atoms with van der Waals surface area (Å²) in [5.74, 6) is -0.665. The van der Waals surface area contributed by atoms with Crippen LogP contribution < -0.4 is 20.5 Å². The average Bonchev–Trinajstić information content (AvgIpc) is 2.79. The summed E-state index contributed by atoms with van der Waals surface area (Å²) in [5.41, 5.74) is 6.37. The van der Waals surface area contributed by atoms with E-state index in [-0.39, 0.29) is 38.4 Å². The summed E-state index contributed by atoms with van der Waals surface area (Å²) in [5, 5.41) is 3.40. The van der Waals surface area contributed by atoms with Gasteiger partial charge in [-0.05, 0) is 18.2 Å². The minimum Gasteiger partial charge on any atom is -0.480 e. The number of aromatic nitrogens is 4. The Bertz CT molecular complexity index is 1480. The Labute approximate surface area is 193 Å². The molecule has 0 spiro atoms. The molecule has 0 amide bonds. The van der Waals surface area contributed by atoms with Crippen LogP contribution in [0, 0.1) is 5.82 Å². The number of pyridine rings is 2. The van der Waals surface area contributed by atoms with Gasteiger partial charge in [-0.15, -0.1) is 0 Å². The van der Waals surface area contributed by atoms with E-state index < -0.39 is 15.8 Å². The lowest BCUT2D eigenvalue weighted by Gasteiger charge is -2.14. The van der Waals surface area contributed by atoms with Gasteiger partial charge in [0.25, 0.3) is 10.0 Å². The lowest BCUT2D eigenvalue weighted by Crippen LogP contribution is -2.16. The molecule has 4 rings (SSSR count). The minimum absolute atomic E-state index is 0.0165. The number of hydrogen-bond acceptors (Lipinski definition) is 9. The molecule has 3 heterocycles. The fourth-order valence-electron chi connectivity index (χ4n) is 3.09. The highest BCUT2D eigenvalue weighted by Gasteiger charge is 2.24. The van der Waals surface area contributed by atoms with Crippen molar-refractivity contribution in [1.82, 2.24) is 19.9 Å². The highest BCUT2D eigenvalue weighted by Crippen LogP contribution is 2.34. The number of nitrogen functional groups attached to an aromatic ring is 1. The predicted molar refractivity (Wildman–Crippen MR) is 123 cm³/mol. The van der Waals surface area contributed by atoms with Gasteiger partial charge in [0.15, 0.2) is 16.4 Å². The van der Waals surface area contributed by atoms with Crippen LogP contribution in [0.2, 0.25) is 5.02 Å². The van der Waals surface area contributed by atoms with Crippen LogP contribution in [0.1, 0.15) is 0 Å². The number of nitrogens with zero attached hydrogens (tertiary/aromatic N) is 4. The maximum absolute atomic E-state index is 15.4. The molecule has 1 aromatic carbocycles. The van der Waals surface area contributed by atoms with Crippen molar-refractivity contribution in [3.63, 3.8) is 0 Å². The monoisotopic (exact) mass is 489 g/mol. The second-order valence-corrected chi connectivity index (χ2v) is 8.80. The number of rotatable bonds is 6. The molecule has 0 unspecified atom stereocenters. The fraction of sp³-hybridized carbons (Fsp3) is 0.100. The number of benzene rings is 1. The second kappa shape index (κ2) is 8.64. The van der Waals surface area contributed by atoms with Crippen LogP contribution in [-0.2, 0) is 10.0 Å². The maximum Gasteiger partial charge on any atom is 0.267 e. The second-order valence-electron chi connectivity index (χ2n) is 6.71. The Kier molecular flexibility index (Phi) is 5.87. The molecule has 33 heavy (non-hydrogen) atoms. The predicted octanol–water partition coefficient (Wildman–Crippen LogP) is 3.31. The van der Waals surface area contributed by atoms with Crippen LogP contribution in [0.4, 0.5) is 21.8 Å². The summed E-state index contributed by atoms with van der Waals surface area (Å²) in [7, 11) is -1.37. The third-order valence-corrected chi connectivity index (χ3v) is 6.19. The van der Waals surface area contributed by atoms with Gasteiger partial charge in [-0.1, -0.05) is 23.7 Å². The molecule has 0 saturated carbocycles. The first-order valence-electron chi connectivity index (χ1n) is 9.35. The molecular formula is C20H17ClFN7O3S. The van der Waals surface area contributed by atoms with E-state index in [1.807, 2.05) is 0 Å². The lowest BCUT2D eigenvalue weighted by atomic mass is 10.0. The molecule has 13 heteroatoms. The number of methoxy groups -OCH3 is 1. The molecule has 0 bridgehead atoms. The number of fused-ring (bicyclic) bond motifs is 1. The van der Waals surface area contributed by atoms with E-state index in [2.05, 4.69) is 30.0 Å². The van der Waals surface area contributed by atoms with Crippen LogP contribution >= 0.6 is 11.6 Å². The summed E-state index contributed by atoms with van der Waals surface area (Å²) in [6.07, 6.45) is 2.76. The van der Waals surface area contributed by atoms with Crippen LogP contribution in [0.3, 0.4) is 0 Å². The Hall–Kier alpha value is -3.77. The first-order chi connectivity index (χ1) is 15.7. The summed E-state index contributed by atoms with van der Waals surface area (Å²) < 4.78 is 48.5. The topological polar surface area (TPSA) is 145 Å². The molecule has 0 fully saturated rings. The molecule has 0 atom stereocenters. The summed E-state index contributed by atoms with van der Waals surface area (Å²) in [6.45, 7) is 0. The lowest BCUT2D eigenvalue weighted by molar-refractivity contribution is 0.385. The van der Waals surface area contributed by atoms with Crippen molar-refractivity contribution in [2.45, 2.75) is 4.90 Å². The molecule has 0 aliphatic carbocycles. The van der Waals surface area contributed by atoms with Gasteiger partial charge in [0.1, 0.15) is 5.82 Å². The highest BCUT2D eigenvalue weighted by atomic mass is 35.5. The molecule has 3 aromatic heterocycles. The van der Waals surface area contributed by atoms with Gasteiger partial charge in [0, 0.05) is 36.0 Å². The van der Waals surface area contributed by atoms with Gasteiger partial charge in [-0.25, -0.2) is 27.8 Å². The minimum atomic E-state index is -4.29. The molecule has 10 nitrogen and oxygen atoms in total. The first kappa shape index (κ1) is 22.4.